The molecule has 2 N–H and O–H groups in total. The SMILES string of the molecule is CNCC(O)CN(C)CC(C)C. The van der Waals surface area contributed by atoms with Crippen LogP contribution in [0, 0.1) is 5.92 Å². The van der Waals surface area contributed by atoms with E-state index in [2.05, 4.69) is 24.1 Å². The zero-order chi connectivity index (χ0) is 9.56. The summed E-state index contributed by atoms with van der Waals surface area (Å²) in [6.45, 7) is 6.82. The van der Waals surface area contributed by atoms with Gasteiger partial charge in [0, 0.05) is 19.6 Å². The van der Waals surface area contributed by atoms with Crippen LogP contribution >= 0.6 is 0 Å². The molecule has 0 bridgehead atoms. The van der Waals surface area contributed by atoms with Crippen LogP contribution in [0.5, 0.6) is 0 Å². The normalized spacial score (nSPS) is 14.2. The first kappa shape index (κ1) is 11.9. The molecule has 0 saturated carbocycles. The van der Waals surface area contributed by atoms with Crippen LogP contribution in [0.4, 0.5) is 0 Å². The molecule has 3 heteroatoms. The van der Waals surface area contributed by atoms with Crippen molar-refractivity contribution in [3.63, 3.8) is 0 Å². The second-order valence-electron chi connectivity index (χ2n) is 3.83. The molecule has 3 nitrogen and oxygen atoms in total. The summed E-state index contributed by atoms with van der Waals surface area (Å²) in [5, 5.41) is 12.4. The lowest BCUT2D eigenvalue weighted by Crippen LogP contribution is -2.36. The van der Waals surface area contributed by atoms with Crippen LogP contribution in [0.25, 0.3) is 0 Å². The fraction of sp³-hybridized carbons (Fsp3) is 1.00. The van der Waals surface area contributed by atoms with Gasteiger partial charge in [0.2, 0.25) is 0 Å². The monoisotopic (exact) mass is 174 g/mol. The third kappa shape index (κ3) is 6.58. The summed E-state index contributed by atoms with van der Waals surface area (Å²) in [7, 11) is 3.89. The number of aliphatic hydroxyl groups excluding tert-OH is 1. The molecular formula is C9H22N2O. The van der Waals surface area contributed by atoms with Crippen LogP contribution < -0.4 is 5.32 Å². The maximum absolute atomic E-state index is 9.43. The van der Waals surface area contributed by atoms with Crippen molar-refractivity contribution in [3.05, 3.63) is 0 Å². The Bertz CT molecular complexity index is 107. The second kappa shape index (κ2) is 6.40. The van der Waals surface area contributed by atoms with E-state index in [4.69, 9.17) is 0 Å². The van der Waals surface area contributed by atoms with Crippen molar-refractivity contribution in [3.8, 4) is 0 Å². The fourth-order valence-electron chi connectivity index (χ4n) is 1.36. The molecule has 0 aromatic carbocycles. The second-order valence-corrected chi connectivity index (χ2v) is 3.83. The van der Waals surface area contributed by atoms with Crippen molar-refractivity contribution in [1.29, 1.82) is 0 Å². The van der Waals surface area contributed by atoms with Gasteiger partial charge < -0.3 is 15.3 Å². The van der Waals surface area contributed by atoms with E-state index in [-0.39, 0.29) is 6.10 Å². The minimum atomic E-state index is -0.251. The highest BCUT2D eigenvalue weighted by molar-refractivity contribution is 4.63. The van der Waals surface area contributed by atoms with Crippen molar-refractivity contribution in [1.82, 2.24) is 10.2 Å². The van der Waals surface area contributed by atoms with E-state index in [9.17, 15) is 5.11 Å². The molecule has 74 valence electrons. The first-order chi connectivity index (χ1) is 5.56. The van der Waals surface area contributed by atoms with Gasteiger partial charge in [0.15, 0.2) is 0 Å². The predicted molar refractivity (Wildman–Crippen MR) is 52.3 cm³/mol. The minimum Gasteiger partial charge on any atom is -0.390 e. The Labute approximate surface area is 75.8 Å². The summed E-state index contributed by atoms with van der Waals surface area (Å²) >= 11 is 0. The maximum Gasteiger partial charge on any atom is 0.0791 e. The Morgan fingerprint density at radius 1 is 1.33 bits per heavy atom. The number of likely N-dealkylation sites (N-methyl/N-ethyl adjacent to an activating group) is 2. The minimum absolute atomic E-state index is 0.251. The molecule has 0 saturated heterocycles. The largest absolute Gasteiger partial charge is 0.390 e. The highest BCUT2D eigenvalue weighted by atomic mass is 16.3. The Kier molecular flexibility index (Phi) is 6.34. The van der Waals surface area contributed by atoms with Crippen molar-refractivity contribution < 1.29 is 5.11 Å². The predicted octanol–water partition coefficient (Wildman–Crippen LogP) is 0.154. The topological polar surface area (TPSA) is 35.5 Å². The number of nitrogens with one attached hydrogen (secondary N) is 1. The third-order valence-corrected chi connectivity index (χ3v) is 1.64. The summed E-state index contributed by atoms with van der Waals surface area (Å²) in [6, 6.07) is 0. The van der Waals surface area contributed by atoms with Crippen LogP contribution in [-0.2, 0) is 0 Å². The molecule has 0 spiro atoms. The van der Waals surface area contributed by atoms with E-state index in [1.54, 1.807) is 0 Å². The lowest BCUT2D eigenvalue weighted by molar-refractivity contribution is 0.120. The van der Waals surface area contributed by atoms with E-state index in [1.807, 2.05) is 14.1 Å². The zero-order valence-corrected chi connectivity index (χ0v) is 8.67. The van der Waals surface area contributed by atoms with Crippen LogP contribution in [0.2, 0.25) is 0 Å². The van der Waals surface area contributed by atoms with Crippen LogP contribution in [-0.4, -0.2) is 49.8 Å². The molecule has 0 aromatic rings. The van der Waals surface area contributed by atoms with Crippen LogP contribution in [0.3, 0.4) is 0 Å². The average Bonchev–Trinajstić information content (AvgIpc) is 1.84. The molecular weight excluding hydrogens is 152 g/mol. The molecule has 0 heterocycles. The highest BCUT2D eigenvalue weighted by Gasteiger charge is 2.07. The summed E-state index contributed by atoms with van der Waals surface area (Å²) in [4.78, 5) is 2.16. The van der Waals surface area contributed by atoms with E-state index >= 15 is 0 Å². The van der Waals surface area contributed by atoms with E-state index < -0.39 is 0 Å². The van der Waals surface area contributed by atoms with Crippen molar-refractivity contribution in [2.45, 2.75) is 20.0 Å². The zero-order valence-electron chi connectivity index (χ0n) is 8.67. The molecule has 0 fully saturated rings. The molecule has 0 rings (SSSR count). The molecule has 12 heavy (non-hydrogen) atoms. The molecule has 1 unspecified atom stereocenters. The third-order valence-electron chi connectivity index (χ3n) is 1.64. The first-order valence-corrected chi connectivity index (χ1v) is 4.57. The van der Waals surface area contributed by atoms with Gasteiger partial charge in [-0.25, -0.2) is 0 Å². The lowest BCUT2D eigenvalue weighted by Gasteiger charge is -2.21. The Hall–Kier alpha value is -0.120. The van der Waals surface area contributed by atoms with Gasteiger partial charge in [0.25, 0.3) is 0 Å². The van der Waals surface area contributed by atoms with Crippen LogP contribution in [0.1, 0.15) is 13.8 Å². The Morgan fingerprint density at radius 2 is 1.92 bits per heavy atom. The first-order valence-electron chi connectivity index (χ1n) is 4.57. The highest BCUT2D eigenvalue weighted by Crippen LogP contribution is 1.96. The van der Waals surface area contributed by atoms with Gasteiger partial charge in [0.05, 0.1) is 6.10 Å². The van der Waals surface area contributed by atoms with Gasteiger partial charge >= 0.3 is 0 Å². The Morgan fingerprint density at radius 3 is 2.33 bits per heavy atom. The Balaban J connectivity index is 3.46. The smallest absolute Gasteiger partial charge is 0.0791 e. The molecule has 0 aromatic heterocycles. The van der Waals surface area contributed by atoms with Gasteiger partial charge in [0.1, 0.15) is 0 Å². The average molecular weight is 174 g/mol. The number of hydrogen-bond acceptors (Lipinski definition) is 3. The van der Waals surface area contributed by atoms with Crippen molar-refractivity contribution in [2.24, 2.45) is 5.92 Å². The fourth-order valence-corrected chi connectivity index (χ4v) is 1.36. The van der Waals surface area contributed by atoms with E-state index in [1.165, 1.54) is 0 Å². The summed E-state index contributed by atoms with van der Waals surface area (Å²) < 4.78 is 0. The van der Waals surface area contributed by atoms with Gasteiger partial charge in [-0.05, 0) is 20.0 Å². The summed E-state index contributed by atoms with van der Waals surface area (Å²) in [5.74, 6) is 0.664. The van der Waals surface area contributed by atoms with Crippen molar-refractivity contribution in [2.75, 3.05) is 33.7 Å². The summed E-state index contributed by atoms with van der Waals surface area (Å²) in [6.07, 6.45) is -0.251. The molecule has 0 aliphatic heterocycles. The van der Waals surface area contributed by atoms with Gasteiger partial charge in [-0.3, -0.25) is 0 Å². The van der Waals surface area contributed by atoms with Gasteiger partial charge in [-0.15, -0.1) is 0 Å². The molecule has 0 amide bonds. The lowest BCUT2D eigenvalue weighted by atomic mass is 10.2. The number of aliphatic hydroxyl groups is 1. The number of hydrogen-bond donors (Lipinski definition) is 2. The van der Waals surface area contributed by atoms with Gasteiger partial charge in [-0.2, -0.15) is 0 Å². The van der Waals surface area contributed by atoms with E-state index in [0.717, 1.165) is 13.1 Å². The number of nitrogens with zero attached hydrogens (tertiary/aromatic N) is 1. The van der Waals surface area contributed by atoms with Crippen molar-refractivity contribution >= 4 is 0 Å². The standard InChI is InChI=1S/C9H22N2O/c1-8(2)6-11(4)7-9(12)5-10-3/h8-10,12H,5-7H2,1-4H3. The van der Waals surface area contributed by atoms with Gasteiger partial charge in [-0.1, -0.05) is 13.8 Å². The molecule has 0 radical (unpaired) electrons. The quantitative estimate of drug-likeness (QED) is 0.602. The molecule has 1 atom stereocenters. The maximum atomic E-state index is 9.43. The summed E-state index contributed by atoms with van der Waals surface area (Å²) in [5.41, 5.74) is 0. The number of rotatable bonds is 6. The van der Waals surface area contributed by atoms with Crippen LogP contribution in [0.15, 0.2) is 0 Å². The molecule has 0 aliphatic rings. The molecule has 0 aliphatic carbocycles. The van der Waals surface area contributed by atoms with E-state index in [0.29, 0.717) is 12.5 Å².